The first-order valence-corrected chi connectivity index (χ1v) is 18.0. The summed E-state index contributed by atoms with van der Waals surface area (Å²) in [4.78, 5) is 27.1. The zero-order chi connectivity index (χ0) is 32.9. The van der Waals surface area contributed by atoms with Gasteiger partial charge in [0.2, 0.25) is 0 Å². The summed E-state index contributed by atoms with van der Waals surface area (Å²) in [6, 6.07) is 10.1. The van der Waals surface area contributed by atoms with Gasteiger partial charge in [0.05, 0.1) is 24.7 Å². The third kappa shape index (κ3) is 4.59. The first-order chi connectivity index (χ1) is 21.6. The van der Waals surface area contributed by atoms with Crippen LogP contribution in [0.15, 0.2) is 42.0 Å². The van der Waals surface area contributed by atoms with Crippen molar-refractivity contribution in [1.82, 2.24) is 0 Å². The van der Waals surface area contributed by atoms with Crippen molar-refractivity contribution >= 4 is 11.8 Å². The molecule has 4 saturated carbocycles. The Balaban J connectivity index is 1.12. The Hall–Kier alpha value is -2.02. The molecule has 0 bridgehead atoms. The predicted molar refractivity (Wildman–Crippen MR) is 177 cm³/mol. The average Bonchev–Trinajstić information content (AvgIpc) is 3.48. The van der Waals surface area contributed by atoms with E-state index >= 15 is 0 Å². The van der Waals surface area contributed by atoms with E-state index in [1.807, 2.05) is 37.3 Å². The number of hydrogen-bond donors (Lipinski definition) is 1. The Kier molecular flexibility index (Phi) is 7.59. The first-order valence-electron chi connectivity index (χ1n) is 18.0. The lowest BCUT2D eigenvalue weighted by atomic mass is 9.33. The van der Waals surface area contributed by atoms with Crippen LogP contribution in [-0.2, 0) is 23.8 Å². The zero-order valence-corrected chi connectivity index (χ0v) is 29.2. The highest BCUT2D eigenvalue weighted by Gasteiger charge is 2.70. The molecule has 0 amide bonds. The summed E-state index contributed by atoms with van der Waals surface area (Å²) in [5, 5.41) is 10.2. The Morgan fingerprint density at radius 2 is 1.65 bits per heavy atom. The fraction of sp³-hybridized carbons (Fsp3) is 0.750. The number of ketones is 1. The molecule has 1 saturated heterocycles. The van der Waals surface area contributed by atoms with Gasteiger partial charge in [-0.05, 0) is 110 Å². The molecule has 0 radical (unpaired) electrons. The maximum absolute atomic E-state index is 14.7. The number of carbonyl (C=O) groups excluding carboxylic acids is 1. The number of allylic oxidation sites excluding steroid dienone is 2. The number of carboxylic acids is 1. The van der Waals surface area contributed by atoms with Crippen molar-refractivity contribution in [3.05, 3.63) is 47.5 Å². The summed E-state index contributed by atoms with van der Waals surface area (Å²) in [5.74, 6) is 0.0940. The molecule has 7 rings (SSSR count). The molecule has 5 aliphatic carbocycles. The van der Waals surface area contributed by atoms with Crippen LogP contribution >= 0.6 is 0 Å². The first kappa shape index (κ1) is 32.5. The van der Waals surface area contributed by atoms with Crippen molar-refractivity contribution in [2.75, 3.05) is 13.2 Å². The van der Waals surface area contributed by atoms with Gasteiger partial charge in [0, 0.05) is 11.5 Å². The molecule has 1 aromatic rings. The molecule has 1 N–H and O–H groups in total. The summed E-state index contributed by atoms with van der Waals surface area (Å²) < 4.78 is 18.9. The molecule has 6 heteroatoms. The summed E-state index contributed by atoms with van der Waals surface area (Å²) in [6.07, 6.45) is 10.2. The van der Waals surface area contributed by atoms with E-state index in [1.165, 1.54) is 5.57 Å². The van der Waals surface area contributed by atoms with Gasteiger partial charge >= 0.3 is 5.97 Å². The third-order valence-corrected chi connectivity index (χ3v) is 15.3. The van der Waals surface area contributed by atoms with Gasteiger partial charge < -0.3 is 19.3 Å². The zero-order valence-electron chi connectivity index (χ0n) is 29.2. The number of rotatable bonds is 5. The minimum Gasteiger partial charge on any atom is -0.481 e. The molecular weight excluding hydrogens is 576 g/mol. The van der Waals surface area contributed by atoms with Crippen LogP contribution in [0.5, 0.6) is 0 Å². The number of benzene rings is 1. The van der Waals surface area contributed by atoms with Crippen molar-refractivity contribution in [2.45, 2.75) is 125 Å². The van der Waals surface area contributed by atoms with Crippen LogP contribution in [0.25, 0.3) is 0 Å². The topological polar surface area (TPSA) is 82.1 Å². The van der Waals surface area contributed by atoms with Gasteiger partial charge in [0.25, 0.3) is 0 Å². The lowest BCUT2D eigenvalue weighted by molar-refractivity contribution is -0.212. The molecule has 6 aliphatic rings. The second-order valence-corrected chi connectivity index (χ2v) is 18.1. The van der Waals surface area contributed by atoms with E-state index in [2.05, 4.69) is 47.6 Å². The minimum atomic E-state index is -0.728. The maximum atomic E-state index is 14.7. The van der Waals surface area contributed by atoms with E-state index in [0.29, 0.717) is 31.3 Å². The quantitative estimate of drug-likeness (QED) is 0.350. The normalized spacial score (nSPS) is 48.0. The Bertz CT molecular complexity index is 1420. The molecule has 11 atom stereocenters. The van der Waals surface area contributed by atoms with Crippen LogP contribution in [0.1, 0.15) is 118 Å². The predicted octanol–water partition coefficient (Wildman–Crippen LogP) is 8.55. The second kappa shape index (κ2) is 10.7. The standard InChI is InChI=1S/C40H56O6/c1-35(2)30-13-16-40(7)32(29(41)21-27-28-22-37(4,34(42)43)18-17-36(28,3)19-20-39(27,40)6)38(30,5)15-14-31(35)44-23-26-24-45-33(46-26)25-11-9-8-10-12-25/h8-12,21,26,28,30-33H,13-20,22-24H2,1-7H3,(H,42,43)/t26?,28-,30?,31-,32+,33?,36+,37?,38-,39+,40+/m0/s1. The fourth-order valence-electron chi connectivity index (χ4n) is 12.2. The monoisotopic (exact) mass is 632 g/mol. The summed E-state index contributed by atoms with van der Waals surface area (Å²) in [7, 11) is 0. The summed E-state index contributed by atoms with van der Waals surface area (Å²) in [5.41, 5.74) is 1.20. The smallest absolute Gasteiger partial charge is 0.309 e. The van der Waals surface area contributed by atoms with Crippen LogP contribution in [-0.4, -0.2) is 42.3 Å². The molecule has 4 unspecified atom stereocenters. The van der Waals surface area contributed by atoms with Crippen LogP contribution in [0.2, 0.25) is 0 Å². The Morgan fingerprint density at radius 3 is 2.37 bits per heavy atom. The minimum absolute atomic E-state index is 0.0373. The van der Waals surface area contributed by atoms with E-state index in [0.717, 1.165) is 56.9 Å². The van der Waals surface area contributed by atoms with Crippen LogP contribution < -0.4 is 0 Å². The summed E-state index contributed by atoms with van der Waals surface area (Å²) in [6.45, 7) is 17.4. The largest absolute Gasteiger partial charge is 0.481 e. The Morgan fingerprint density at radius 1 is 0.935 bits per heavy atom. The maximum Gasteiger partial charge on any atom is 0.309 e. The van der Waals surface area contributed by atoms with E-state index in [9.17, 15) is 14.7 Å². The van der Waals surface area contributed by atoms with Gasteiger partial charge in [0.15, 0.2) is 12.1 Å². The molecule has 1 aliphatic heterocycles. The molecule has 6 nitrogen and oxygen atoms in total. The molecule has 1 aromatic carbocycles. The highest BCUT2D eigenvalue weighted by molar-refractivity contribution is 5.95. The number of ether oxygens (including phenoxy) is 3. The highest BCUT2D eigenvalue weighted by atomic mass is 16.7. The molecule has 0 spiro atoms. The van der Waals surface area contributed by atoms with Gasteiger partial charge in [-0.1, -0.05) is 77.4 Å². The van der Waals surface area contributed by atoms with Crippen molar-refractivity contribution in [3.63, 3.8) is 0 Å². The molecule has 0 aromatic heterocycles. The highest BCUT2D eigenvalue weighted by Crippen LogP contribution is 2.75. The lowest BCUT2D eigenvalue weighted by Crippen LogP contribution is -2.66. The van der Waals surface area contributed by atoms with E-state index in [1.54, 1.807) is 0 Å². The molecule has 252 valence electrons. The van der Waals surface area contributed by atoms with Crippen LogP contribution in [0.3, 0.4) is 0 Å². The average molecular weight is 633 g/mol. The van der Waals surface area contributed by atoms with Gasteiger partial charge in [-0.2, -0.15) is 0 Å². The van der Waals surface area contributed by atoms with Crippen molar-refractivity contribution in [2.24, 2.45) is 50.2 Å². The Labute approximate surface area is 276 Å². The van der Waals surface area contributed by atoms with E-state index in [4.69, 9.17) is 14.2 Å². The van der Waals surface area contributed by atoms with Gasteiger partial charge in [-0.25, -0.2) is 0 Å². The number of fused-ring (bicyclic) bond motifs is 7. The number of carboxylic acid groups (broad SMARTS) is 1. The number of aliphatic carboxylic acids is 1. The number of carbonyl (C=O) groups is 2. The molecule has 1 heterocycles. The van der Waals surface area contributed by atoms with Gasteiger partial charge in [-0.3, -0.25) is 9.59 Å². The fourth-order valence-corrected chi connectivity index (χ4v) is 12.2. The van der Waals surface area contributed by atoms with Crippen LogP contribution in [0.4, 0.5) is 0 Å². The van der Waals surface area contributed by atoms with Crippen molar-refractivity contribution in [3.8, 4) is 0 Å². The SMILES string of the molecule is CC1(C(=O)O)CC[C@]2(C)CC[C@]3(C)C(=CC(=O)[C@@H]4[C@@]5(C)CC[C@H](OCC6COC(c7ccccc7)O6)C(C)(C)C5CC[C@]43C)[C@@H]2C1. The summed E-state index contributed by atoms with van der Waals surface area (Å²) >= 11 is 0. The van der Waals surface area contributed by atoms with E-state index in [-0.39, 0.29) is 57.4 Å². The second-order valence-electron chi connectivity index (χ2n) is 18.1. The van der Waals surface area contributed by atoms with Crippen molar-refractivity contribution < 1.29 is 28.9 Å². The molecule has 5 fully saturated rings. The molecular formula is C40H56O6. The third-order valence-electron chi connectivity index (χ3n) is 15.3. The van der Waals surface area contributed by atoms with Crippen LogP contribution in [0, 0.1) is 50.2 Å². The lowest BCUT2D eigenvalue weighted by Gasteiger charge is -2.70. The van der Waals surface area contributed by atoms with Crippen molar-refractivity contribution in [1.29, 1.82) is 0 Å². The van der Waals surface area contributed by atoms with E-state index < -0.39 is 11.4 Å². The van der Waals surface area contributed by atoms with Gasteiger partial charge in [-0.15, -0.1) is 0 Å². The number of hydrogen-bond acceptors (Lipinski definition) is 5. The van der Waals surface area contributed by atoms with Gasteiger partial charge in [0.1, 0.15) is 6.10 Å². The molecule has 46 heavy (non-hydrogen) atoms.